The van der Waals surface area contributed by atoms with Crippen molar-refractivity contribution >= 4 is 23.2 Å². The third kappa shape index (κ3) is 2.71. The van der Waals surface area contributed by atoms with Gasteiger partial charge >= 0.3 is 0 Å². The maximum absolute atomic E-state index is 12.1. The molecule has 100 valence electrons. The van der Waals surface area contributed by atoms with Crippen LogP contribution in [0.25, 0.3) is 0 Å². The van der Waals surface area contributed by atoms with Crippen molar-refractivity contribution in [2.24, 2.45) is 7.05 Å². The predicted molar refractivity (Wildman–Crippen MR) is 75.0 cm³/mol. The first-order valence-corrected chi connectivity index (χ1v) is 6.19. The lowest BCUT2D eigenvalue weighted by molar-refractivity contribution is 0.0942. The molecule has 0 saturated heterocycles. The molecule has 3 N–H and O–H groups in total. The molecule has 5 nitrogen and oxygen atoms in total. The third-order valence-corrected chi connectivity index (χ3v) is 3.25. The monoisotopic (exact) mass is 278 g/mol. The number of nitrogens with one attached hydrogen (secondary N) is 1. The van der Waals surface area contributed by atoms with Crippen LogP contribution in [0.4, 0.5) is 5.69 Å². The van der Waals surface area contributed by atoms with Gasteiger partial charge in [-0.3, -0.25) is 9.48 Å². The van der Waals surface area contributed by atoms with E-state index in [2.05, 4.69) is 10.4 Å². The van der Waals surface area contributed by atoms with Crippen molar-refractivity contribution in [1.29, 1.82) is 0 Å². The number of halogens is 1. The van der Waals surface area contributed by atoms with Crippen LogP contribution >= 0.6 is 11.6 Å². The van der Waals surface area contributed by atoms with E-state index in [1.54, 1.807) is 20.0 Å². The molecule has 0 unspecified atom stereocenters. The summed E-state index contributed by atoms with van der Waals surface area (Å²) in [4.78, 5) is 12.1. The van der Waals surface area contributed by atoms with Gasteiger partial charge in [0, 0.05) is 18.6 Å². The summed E-state index contributed by atoms with van der Waals surface area (Å²) in [6.45, 7) is 2.11. The molecule has 1 aromatic heterocycles. The van der Waals surface area contributed by atoms with E-state index in [4.69, 9.17) is 17.3 Å². The van der Waals surface area contributed by atoms with Crippen molar-refractivity contribution in [3.8, 4) is 0 Å². The fraction of sp³-hybridized carbons (Fsp3) is 0.231. The Bertz CT molecular complexity index is 621. The number of nitrogens with two attached hydrogens (primary N) is 1. The van der Waals surface area contributed by atoms with E-state index in [0.717, 1.165) is 5.56 Å². The van der Waals surface area contributed by atoms with E-state index in [9.17, 15) is 4.79 Å². The topological polar surface area (TPSA) is 72.9 Å². The van der Waals surface area contributed by atoms with Gasteiger partial charge in [-0.25, -0.2) is 0 Å². The number of benzene rings is 1. The minimum Gasteiger partial charge on any atom is -0.395 e. The van der Waals surface area contributed by atoms with Gasteiger partial charge in [0.15, 0.2) is 0 Å². The Morgan fingerprint density at radius 2 is 2.16 bits per heavy atom. The van der Waals surface area contributed by atoms with Gasteiger partial charge in [-0.15, -0.1) is 0 Å². The SMILES string of the molecule is Cc1nn(C)c(C(=O)NCc2ccccc2Cl)c1N. The number of anilines is 1. The number of rotatable bonds is 3. The first-order valence-electron chi connectivity index (χ1n) is 5.81. The Balaban J connectivity index is 2.12. The zero-order chi connectivity index (χ0) is 14.0. The molecule has 19 heavy (non-hydrogen) atoms. The summed E-state index contributed by atoms with van der Waals surface area (Å²) >= 11 is 6.03. The Kier molecular flexibility index (Phi) is 3.76. The molecule has 0 aliphatic rings. The smallest absolute Gasteiger partial charge is 0.271 e. The van der Waals surface area contributed by atoms with Gasteiger partial charge in [-0.2, -0.15) is 5.10 Å². The van der Waals surface area contributed by atoms with Crippen LogP contribution in [-0.2, 0) is 13.6 Å². The average Bonchev–Trinajstić information content (AvgIpc) is 2.62. The highest BCUT2D eigenvalue weighted by Crippen LogP contribution is 2.17. The molecule has 0 radical (unpaired) electrons. The lowest BCUT2D eigenvalue weighted by atomic mass is 10.2. The van der Waals surface area contributed by atoms with E-state index >= 15 is 0 Å². The molecular formula is C13H15ClN4O. The highest BCUT2D eigenvalue weighted by molar-refractivity contribution is 6.31. The lowest BCUT2D eigenvalue weighted by Gasteiger charge is -2.07. The van der Waals surface area contributed by atoms with Gasteiger partial charge in [0.25, 0.3) is 5.91 Å². The molecule has 0 fully saturated rings. The Hall–Kier alpha value is -2.01. The number of hydrogen-bond donors (Lipinski definition) is 2. The van der Waals surface area contributed by atoms with Crippen LogP contribution in [0.5, 0.6) is 0 Å². The number of aryl methyl sites for hydroxylation is 2. The minimum atomic E-state index is -0.263. The lowest BCUT2D eigenvalue weighted by Crippen LogP contribution is -2.26. The third-order valence-electron chi connectivity index (χ3n) is 2.88. The van der Waals surface area contributed by atoms with Crippen molar-refractivity contribution in [1.82, 2.24) is 15.1 Å². The maximum Gasteiger partial charge on any atom is 0.271 e. The fourth-order valence-electron chi connectivity index (χ4n) is 1.84. The maximum atomic E-state index is 12.1. The van der Waals surface area contributed by atoms with Crippen LogP contribution in [0.3, 0.4) is 0 Å². The number of hydrogen-bond acceptors (Lipinski definition) is 3. The molecule has 2 aromatic rings. The number of nitrogens with zero attached hydrogens (tertiary/aromatic N) is 2. The summed E-state index contributed by atoms with van der Waals surface area (Å²) in [5, 5.41) is 7.52. The molecule has 0 spiro atoms. The first kappa shape index (κ1) is 13.4. The number of nitrogen functional groups attached to an aromatic ring is 1. The standard InChI is InChI=1S/C13H15ClN4O/c1-8-11(15)12(18(2)17-8)13(19)16-7-9-5-3-4-6-10(9)14/h3-6H,7,15H2,1-2H3,(H,16,19). The largest absolute Gasteiger partial charge is 0.395 e. The summed E-state index contributed by atoms with van der Waals surface area (Å²) in [6, 6.07) is 7.36. The van der Waals surface area contributed by atoms with Gasteiger partial charge in [-0.05, 0) is 18.6 Å². The van der Waals surface area contributed by atoms with Gasteiger partial charge in [-0.1, -0.05) is 29.8 Å². The summed E-state index contributed by atoms with van der Waals surface area (Å²) < 4.78 is 1.48. The highest BCUT2D eigenvalue weighted by Gasteiger charge is 2.17. The van der Waals surface area contributed by atoms with Crippen molar-refractivity contribution in [2.45, 2.75) is 13.5 Å². The second-order valence-corrected chi connectivity index (χ2v) is 4.65. The predicted octanol–water partition coefficient (Wildman–Crippen LogP) is 1.89. The Morgan fingerprint density at radius 3 is 2.74 bits per heavy atom. The second kappa shape index (κ2) is 5.32. The molecule has 6 heteroatoms. The van der Waals surface area contributed by atoms with E-state index in [-0.39, 0.29) is 5.91 Å². The van der Waals surface area contributed by atoms with Crippen molar-refractivity contribution in [3.63, 3.8) is 0 Å². The zero-order valence-corrected chi connectivity index (χ0v) is 11.5. The molecule has 1 heterocycles. The molecule has 0 saturated carbocycles. The fourth-order valence-corrected chi connectivity index (χ4v) is 2.05. The second-order valence-electron chi connectivity index (χ2n) is 4.25. The molecule has 2 rings (SSSR count). The van der Waals surface area contributed by atoms with Crippen LogP contribution in [0, 0.1) is 6.92 Å². The van der Waals surface area contributed by atoms with Crippen molar-refractivity contribution in [2.75, 3.05) is 5.73 Å². The van der Waals surface area contributed by atoms with E-state index in [1.807, 2.05) is 18.2 Å². The van der Waals surface area contributed by atoms with Gasteiger partial charge in [0.2, 0.25) is 0 Å². The van der Waals surface area contributed by atoms with Crippen LogP contribution in [0.1, 0.15) is 21.7 Å². The number of aromatic nitrogens is 2. The average molecular weight is 279 g/mol. The van der Waals surface area contributed by atoms with Crippen LogP contribution in [0.2, 0.25) is 5.02 Å². The van der Waals surface area contributed by atoms with Crippen LogP contribution in [0.15, 0.2) is 24.3 Å². The molecule has 0 aliphatic carbocycles. The molecule has 1 aromatic carbocycles. The summed E-state index contributed by atoms with van der Waals surface area (Å²) in [5.74, 6) is -0.263. The van der Waals surface area contributed by atoms with E-state index < -0.39 is 0 Å². The molecular weight excluding hydrogens is 264 g/mol. The van der Waals surface area contributed by atoms with E-state index in [0.29, 0.717) is 28.6 Å². The summed E-state index contributed by atoms with van der Waals surface area (Å²) in [5.41, 5.74) is 8.10. The highest BCUT2D eigenvalue weighted by atomic mass is 35.5. The molecule has 0 bridgehead atoms. The van der Waals surface area contributed by atoms with Crippen molar-refractivity contribution < 1.29 is 4.79 Å². The van der Waals surface area contributed by atoms with Crippen LogP contribution in [-0.4, -0.2) is 15.7 Å². The zero-order valence-electron chi connectivity index (χ0n) is 10.8. The Morgan fingerprint density at radius 1 is 1.47 bits per heavy atom. The Labute approximate surface area is 116 Å². The molecule has 0 atom stereocenters. The normalized spacial score (nSPS) is 10.5. The minimum absolute atomic E-state index is 0.263. The van der Waals surface area contributed by atoms with Crippen molar-refractivity contribution in [3.05, 3.63) is 46.2 Å². The summed E-state index contributed by atoms with van der Waals surface area (Å²) in [6.07, 6.45) is 0. The van der Waals surface area contributed by atoms with Crippen LogP contribution < -0.4 is 11.1 Å². The molecule has 0 aliphatic heterocycles. The number of amides is 1. The quantitative estimate of drug-likeness (QED) is 0.900. The number of carbonyl (C=O) groups excluding carboxylic acids is 1. The van der Waals surface area contributed by atoms with Gasteiger partial charge in [0.05, 0.1) is 11.4 Å². The molecule has 1 amide bonds. The summed E-state index contributed by atoms with van der Waals surface area (Å²) in [7, 11) is 1.69. The number of carbonyl (C=O) groups is 1. The first-order chi connectivity index (χ1) is 9.00. The van der Waals surface area contributed by atoms with Gasteiger partial charge in [0.1, 0.15) is 5.69 Å². The van der Waals surface area contributed by atoms with Gasteiger partial charge < -0.3 is 11.1 Å². The van der Waals surface area contributed by atoms with E-state index in [1.165, 1.54) is 4.68 Å².